The average molecular weight is 988 g/mol. The van der Waals surface area contributed by atoms with Gasteiger partial charge in [0, 0.05) is 6.42 Å². The van der Waals surface area contributed by atoms with Gasteiger partial charge in [-0.3, -0.25) is 9.36 Å². The number of aliphatic hydroxyl groups is 1. The predicted molar refractivity (Wildman–Crippen MR) is 297 cm³/mol. The topological polar surface area (TPSA) is 108 Å². The van der Waals surface area contributed by atoms with Crippen LogP contribution in [0, 0.1) is 0 Å². The predicted octanol–water partition coefficient (Wildman–Crippen LogP) is 16.9. The Bertz CT molecular complexity index is 1350. The number of phosphoric acid groups is 1. The highest BCUT2D eigenvalue weighted by atomic mass is 31.2. The van der Waals surface area contributed by atoms with Gasteiger partial charge in [0.2, 0.25) is 5.91 Å². The second kappa shape index (κ2) is 50.9. The fraction of sp³-hybridized carbons (Fsp3) is 0.783. The molecule has 0 aliphatic carbocycles. The molecule has 8 nitrogen and oxygen atoms in total. The van der Waals surface area contributed by atoms with Crippen molar-refractivity contribution in [2.45, 2.75) is 264 Å². The molecule has 402 valence electrons. The normalized spacial score (nSPS) is 14.5. The Morgan fingerprint density at radius 2 is 0.855 bits per heavy atom. The maximum atomic E-state index is 12.9. The Morgan fingerprint density at radius 1 is 0.507 bits per heavy atom. The zero-order valence-corrected chi connectivity index (χ0v) is 46.6. The molecule has 0 aromatic rings. The summed E-state index contributed by atoms with van der Waals surface area (Å²) in [5.41, 5.74) is 0. The monoisotopic (exact) mass is 987 g/mol. The number of hydrogen-bond acceptors (Lipinski definition) is 6. The van der Waals surface area contributed by atoms with Crippen LogP contribution in [-0.4, -0.2) is 68.5 Å². The van der Waals surface area contributed by atoms with Gasteiger partial charge in [-0.1, -0.05) is 234 Å². The lowest BCUT2D eigenvalue weighted by molar-refractivity contribution is -0.870. The van der Waals surface area contributed by atoms with E-state index in [1.807, 2.05) is 27.2 Å². The van der Waals surface area contributed by atoms with Crippen LogP contribution in [0.25, 0.3) is 0 Å². The highest BCUT2D eigenvalue weighted by Crippen LogP contribution is 2.38. The van der Waals surface area contributed by atoms with Crippen molar-refractivity contribution in [2.75, 3.05) is 40.9 Å². The Balaban J connectivity index is 4.34. The Hall–Kier alpha value is -2.06. The van der Waals surface area contributed by atoms with Gasteiger partial charge in [0.05, 0.1) is 39.9 Å². The van der Waals surface area contributed by atoms with Crippen molar-refractivity contribution < 1.29 is 32.9 Å². The van der Waals surface area contributed by atoms with E-state index in [2.05, 4.69) is 79.9 Å². The van der Waals surface area contributed by atoms with Crippen molar-refractivity contribution >= 4 is 13.7 Å². The lowest BCUT2D eigenvalue weighted by Crippen LogP contribution is -2.45. The quantitative estimate of drug-likeness (QED) is 0.0272. The van der Waals surface area contributed by atoms with Gasteiger partial charge in [-0.2, -0.15) is 0 Å². The van der Waals surface area contributed by atoms with E-state index in [1.165, 1.54) is 161 Å². The van der Waals surface area contributed by atoms with Gasteiger partial charge in [-0.25, -0.2) is 0 Å². The van der Waals surface area contributed by atoms with E-state index in [9.17, 15) is 19.4 Å². The van der Waals surface area contributed by atoms with E-state index in [4.69, 9.17) is 9.05 Å². The third-order valence-electron chi connectivity index (χ3n) is 12.6. The fourth-order valence-corrected chi connectivity index (χ4v) is 8.80. The van der Waals surface area contributed by atoms with Crippen LogP contribution in [0.2, 0.25) is 0 Å². The molecule has 9 heteroatoms. The van der Waals surface area contributed by atoms with Crippen LogP contribution in [0.4, 0.5) is 0 Å². The number of amides is 1. The summed E-state index contributed by atoms with van der Waals surface area (Å²) >= 11 is 0. The van der Waals surface area contributed by atoms with Crippen LogP contribution in [0.5, 0.6) is 0 Å². The van der Waals surface area contributed by atoms with Gasteiger partial charge in [0.15, 0.2) is 0 Å². The van der Waals surface area contributed by atoms with Crippen molar-refractivity contribution in [1.82, 2.24) is 5.32 Å². The Kier molecular flexibility index (Phi) is 49.3. The summed E-state index contributed by atoms with van der Waals surface area (Å²) in [5.74, 6) is -0.224. The number of nitrogens with zero attached hydrogens (tertiary/aromatic N) is 1. The fourth-order valence-electron chi connectivity index (χ4n) is 8.07. The summed E-state index contributed by atoms with van der Waals surface area (Å²) in [6.45, 7) is 4.61. The van der Waals surface area contributed by atoms with Crippen LogP contribution < -0.4 is 10.2 Å². The standard InChI is InChI=1S/C60H111N2O6P/c1-6-8-10-12-14-16-18-20-22-24-26-28-29-30-31-32-34-35-37-39-41-43-45-47-49-51-53-59(63)58(57-68-69(65,66)67-56-55-62(3,4)5)61-60(64)54-52-50-48-46-44-42-40-38-36-33-27-25-23-21-19-17-15-13-11-9-7-2/h19,21,25,27,35-38,43,45,51,53,58-59,63H,6-18,20,22-24,26,28-34,39-42,44,46-50,52,54-57H2,1-5H3,(H-,61,64,65,66)/b21-19-,27-25-,37-35+,38-36-,45-43+,53-51+. The SMILES string of the molecule is CCCCCCC/C=C\C/C=C\C/C=C\CCCCCCCCC(=O)NC(COP(=O)([O-])OCC[N+](C)(C)C)C(O)/C=C/CC/C=C/CC/C=C/CCCCCCCCCCCCCCCCCC. The van der Waals surface area contributed by atoms with E-state index in [0.29, 0.717) is 17.4 Å². The van der Waals surface area contributed by atoms with Gasteiger partial charge >= 0.3 is 0 Å². The van der Waals surface area contributed by atoms with Gasteiger partial charge in [-0.15, -0.1) is 0 Å². The molecule has 2 N–H and O–H groups in total. The van der Waals surface area contributed by atoms with Gasteiger partial charge in [0.25, 0.3) is 7.82 Å². The summed E-state index contributed by atoms with van der Waals surface area (Å²) in [7, 11) is 1.22. The summed E-state index contributed by atoms with van der Waals surface area (Å²) in [5, 5.41) is 13.9. The third kappa shape index (κ3) is 53.6. The molecule has 0 aromatic heterocycles. The second-order valence-electron chi connectivity index (χ2n) is 20.6. The molecule has 0 fully saturated rings. The van der Waals surface area contributed by atoms with Crippen LogP contribution in [0.3, 0.4) is 0 Å². The van der Waals surface area contributed by atoms with Crippen molar-refractivity contribution in [3.63, 3.8) is 0 Å². The Labute approximate surface area is 427 Å². The zero-order chi connectivity index (χ0) is 50.6. The number of quaternary nitrogens is 1. The first-order valence-corrected chi connectivity index (χ1v) is 30.3. The summed E-state index contributed by atoms with van der Waals surface area (Å²) in [6, 6.07) is -0.921. The minimum Gasteiger partial charge on any atom is -0.756 e. The van der Waals surface area contributed by atoms with Gasteiger partial charge in [-0.05, 0) is 83.5 Å². The molecule has 3 atom stereocenters. The number of aliphatic hydroxyl groups excluding tert-OH is 1. The first-order valence-electron chi connectivity index (χ1n) is 28.8. The number of hydrogen-bond donors (Lipinski definition) is 2. The molecule has 0 rings (SSSR count). The molecule has 0 bridgehead atoms. The minimum absolute atomic E-state index is 0.0148. The summed E-state index contributed by atoms with van der Waals surface area (Å²) in [6.07, 6.45) is 69.8. The molecular weight excluding hydrogens is 876 g/mol. The maximum absolute atomic E-state index is 12.9. The number of phosphoric ester groups is 1. The molecule has 69 heavy (non-hydrogen) atoms. The largest absolute Gasteiger partial charge is 0.756 e. The average Bonchev–Trinajstić information content (AvgIpc) is 3.31. The highest BCUT2D eigenvalue weighted by Gasteiger charge is 2.23. The number of unbranched alkanes of at least 4 members (excludes halogenated alkanes) is 29. The van der Waals surface area contributed by atoms with Crippen LogP contribution in [0.1, 0.15) is 251 Å². The molecule has 1 amide bonds. The van der Waals surface area contributed by atoms with Crippen molar-refractivity contribution in [2.24, 2.45) is 0 Å². The maximum Gasteiger partial charge on any atom is 0.268 e. The van der Waals surface area contributed by atoms with Gasteiger partial charge < -0.3 is 28.8 Å². The number of allylic oxidation sites excluding steroid dienone is 11. The molecule has 0 radical (unpaired) electrons. The van der Waals surface area contributed by atoms with E-state index in [0.717, 1.165) is 70.6 Å². The van der Waals surface area contributed by atoms with E-state index >= 15 is 0 Å². The first kappa shape index (κ1) is 66.9. The smallest absolute Gasteiger partial charge is 0.268 e. The molecule has 0 aliphatic rings. The number of carbonyl (C=O) groups is 1. The highest BCUT2D eigenvalue weighted by molar-refractivity contribution is 7.45. The van der Waals surface area contributed by atoms with Gasteiger partial charge in [0.1, 0.15) is 13.2 Å². The molecular formula is C60H111N2O6P. The molecule has 0 saturated carbocycles. The summed E-state index contributed by atoms with van der Waals surface area (Å²) < 4.78 is 23.3. The summed E-state index contributed by atoms with van der Waals surface area (Å²) in [4.78, 5) is 25.5. The number of carbonyl (C=O) groups excluding carboxylic acids is 1. The lowest BCUT2D eigenvalue weighted by atomic mass is 10.0. The van der Waals surface area contributed by atoms with Crippen LogP contribution in [0.15, 0.2) is 72.9 Å². The van der Waals surface area contributed by atoms with Crippen LogP contribution >= 0.6 is 7.82 Å². The third-order valence-corrected chi connectivity index (χ3v) is 13.6. The lowest BCUT2D eigenvalue weighted by Gasteiger charge is -2.29. The Morgan fingerprint density at radius 3 is 1.28 bits per heavy atom. The zero-order valence-electron chi connectivity index (χ0n) is 45.8. The van der Waals surface area contributed by atoms with Crippen molar-refractivity contribution in [3.05, 3.63) is 72.9 Å². The number of likely N-dealkylation sites (N-methyl/N-ethyl adjacent to an activating group) is 1. The molecule has 0 heterocycles. The first-order chi connectivity index (χ1) is 33.5. The second-order valence-corrected chi connectivity index (χ2v) is 22.0. The van der Waals surface area contributed by atoms with Crippen LogP contribution in [-0.2, 0) is 18.4 Å². The number of nitrogens with one attached hydrogen (secondary N) is 1. The molecule has 0 aliphatic heterocycles. The van der Waals surface area contributed by atoms with E-state index < -0.39 is 26.6 Å². The number of rotatable bonds is 52. The van der Waals surface area contributed by atoms with E-state index in [1.54, 1.807) is 6.08 Å². The molecule has 0 spiro atoms. The van der Waals surface area contributed by atoms with Crippen molar-refractivity contribution in [1.29, 1.82) is 0 Å². The molecule has 0 aromatic carbocycles. The van der Waals surface area contributed by atoms with Crippen molar-refractivity contribution in [3.8, 4) is 0 Å². The van der Waals surface area contributed by atoms with E-state index in [-0.39, 0.29) is 12.5 Å². The minimum atomic E-state index is -4.62. The molecule has 0 saturated heterocycles. The molecule has 3 unspecified atom stereocenters.